The number of aromatic amines is 1. The Morgan fingerprint density at radius 3 is 2.44 bits per heavy atom. The van der Waals surface area contributed by atoms with Crippen LogP contribution in [0.25, 0.3) is 11.0 Å². The van der Waals surface area contributed by atoms with E-state index >= 15 is 0 Å². The summed E-state index contributed by atoms with van der Waals surface area (Å²) in [5.41, 5.74) is 3.57. The summed E-state index contributed by atoms with van der Waals surface area (Å²) in [5, 5.41) is 10.3. The maximum atomic E-state index is 14.2. The second kappa shape index (κ2) is 13.9. The summed E-state index contributed by atoms with van der Waals surface area (Å²) < 4.78 is 42.5. The van der Waals surface area contributed by atoms with Crippen molar-refractivity contribution in [3.63, 3.8) is 0 Å². The van der Waals surface area contributed by atoms with Crippen LogP contribution in [0.3, 0.4) is 0 Å². The number of benzene rings is 2. The minimum absolute atomic E-state index is 0.253. The molecule has 9 nitrogen and oxygen atoms in total. The summed E-state index contributed by atoms with van der Waals surface area (Å²) in [6.07, 6.45) is -1.18. The van der Waals surface area contributed by atoms with E-state index in [2.05, 4.69) is 42.6 Å². The largest absolute Gasteiger partial charge is 0.416 e. The van der Waals surface area contributed by atoms with Crippen LogP contribution < -0.4 is 16.0 Å². The normalized spacial score (nSPS) is 14.7. The number of amides is 1. The second-order valence-corrected chi connectivity index (χ2v) is 11.7. The van der Waals surface area contributed by atoms with Gasteiger partial charge in [0.1, 0.15) is 5.65 Å². The number of likely N-dealkylation sites (N-methyl/N-ethyl adjacent to an activating group) is 2. The van der Waals surface area contributed by atoms with E-state index in [0.717, 1.165) is 50.2 Å². The van der Waals surface area contributed by atoms with Gasteiger partial charge in [0, 0.05) is 80.7 Å². The van der Waals surface area contributed by atoms with E-state index in [-0.39, 0.29) is 18.0 Å². The molecule has 0 unspecified atom stereocenters. The molecule has 0 radical (unpaired) electrons. The quantitative estimate of drug-likeness (QED) is 0.163. The monoisotopic (exact) mass is 622 g/mol. The molecular weight excluding hydrogens is 581 g/mol. The van der Waals surface area contributed by atoms with Crippen LogP contribution in [0.2, 0.25) is 0 Å². The van der Waals surface area contributed by atoms with Gasteiger partial charge in [-0.05, 0) is 69.0 Å². The zero-order chi connectivity index (χ0) is 32.1. The van der Waals surface area contributed by atoms with E-state index < -0.39 is 11.7 Å². The molecule has 0 bridgehead atoms. The predicted molar refractivity (Wildman–Crippen MR) is 174 cm³/mol. The topological polar surface area (TPSA) is 91.6 Å². The number of aromatic nitrogens is 2. The van der Waals surface area contributed by atoms with Crippen molar-refractivity contribution in [2.24, 2.45) is 0 Å². The third-order valence-electron chi connectivity index (χ3n) is 8.19. The number of hydrogen-bond donors (Lipinski definition) is 4. The highest BCUT2D eigenvalue weighted by Gasteiger charge is 2.34. The Labute approximate surface area is 261 Å². The zero-order valence-corrected chi connectivity index (χ0v) is 26.2. The first-order valence-corrected chi connectivity index (χ1v) is 15.2. The molecule has 4 N–H and O–H groups in total. The molecule has 2 aromatic carbocycles. The number of nitrogens with one attached hydrogen (secondary N) is 4. The highest BCUT2D eigenvalue weighted by molar-refractivity contribution is 6.12. The van der Waals surface area contributed by atoms with Crippen molar-refractivity contribution in [1.29, 1.82) is 0 Å². The number of H-pyrrole nitrogens is 1. The third kappa shape index (κ3) is 7.94. The summed E-state index contributed by atoms with van der Waals surface area (Å²) in [6.45, 7) is 9.75. The molecule has 240 valence electrons. The standard InChI is InChI=1S/C33H41F3N8O/c1-5-43-14-16-44(17-15-43)21-23-7-9-24(18-28(23)33(34,35)36)40-25-8-6-22(2)29(19-25)41-32(45)27-20-39-31-26(10-11-38-31)30(27)37-12-13-42(3)4/h6-11,18-20,40H,5,12-17,21H2,1-4H3,(H,41,45)(H2,37,38,39). The first-order chi connectivity index (χ1) is 21.5. The molecule has 0 atom stereocenters. The fourth-order valence-corrected chi connectivity index (χ4v) is 5.53. The van der Waals surface area contributed by atoms with E-state index in [1.54, 1.807) is 30.5 Å². The summed E-state index contributed by atoms with van der Waals surface area (Å²) in [5.74, 6) is -0.346. The number of halogens is 3. The van der Waals surface area contributed by atoms with Gasteiger partial charge < -0.3 is 30.7 Å². The lowest BCUT2D eigenvalue weighted by Crippen LogP contribution is -2.45. The lowest BCUT2D eigenvalue weighted by molar-refractivity contribution is -0.138. The van der Waals surface area contributed by atoms with E-state index in [9.17, 15) is 18.0 Å². The average Bonchev–Trinajstić information content (AvgIpc) is 3.49. The van der Waals surface area contributed by atoms with Gasteiger partial charge in [0.2, 0.25) is 0 Å². The molecule has 4 aromatic rings. The van der Waals surface area contributed by atoms with Crippen LogP contribution in [-0.4, -0.2) is 90.5 Å². The molecule has 0 saturated carbocycles. The van der Waals surface area contributed by atoms with Gasteiger partial charge in [0.15, 0.2) is 0 Å². The summed E-state index contributed by atoms with van der Waals surface area (Å²) in [4.78, 5) is 27.5. The number of fused-ring (bicyclic) bond motifs is 1. The van der Waals surface area contributed by atoms with E-state index in [4.69, 9.17) is 0 Å². The Balaban J connectivity index is 1.34. The first-order valence-electron chi connectivity index (χ1n) is 15.2. The first kappa shape index (κ1) is 32.3. The maximum absolute atomic E-state index is 14.2. The van der Waals surface area contributed by atoms with Gasteiger partial charge in [-0.25, -0.2) is 4.98 Å². The number of anilines is 4. The van der Waals surface area contributed by atoms with E-state index in [0.29, 0.717) is 40.5 Å². The average molecular weight is 623 g/mol. The smallest absolute Gasteiger partial charge is 0.382 e. The van der Waals surface area contributed by atoms with Crippen LogP contribution in [0.1, 0.15) is 34.0 Å². The Bertz CT molecular complexity index is 1630. The van der Waals surface area contributed by atoms with Crippen LogP contribution in [0, 0.1) is 6.92 Å². The van der Waals surface area contributed by atoms with Crippen molar-refractivity contribution in [2.75, 3.05) is 75.9 Å². The lowest BCUT2D eigenvalue weighted by atomic mass is 10.0. The number of alkyl halides is 3. The van der Waals surface area contributed by atoms with Crippen LogP contribution in [0.4, 0.5) is 35.9 Å². The summed E-state index contributed by atoms with van der Waals surface area (Å²) >= 11 is 0. The van der Waals surface area contributed by atoms with Crippen LogP contribution in [-0.2, 0) is 12.7 Å². The van der Waals surface area contributed by atoms with Gasteiger partial charge in [-0.3, -0.25) is 9.69 Å². The van der Waals surface area contributed by atoms with Crippen molar-refractivity contribution in [3.8, 4) is 0 Å². The molecule has 12 heteroatoms. The molecule has 0 spiro atoms. The highest BCUT2D eigenvalue weighted by atomic mass is 19.4. The number of rotatable bonds is 11. The Hall–Kier alpha value is -4.13. The molecule has 1 fully saturated rings. The maximum Gasteiger partial charge on any atom is 0.416 e. The molecule has 1 aliphatic rings. The number of piperazine rings is 1. The minimum atomic E-state index is -4.49. The molecular formula is C33H41F3N8O. The van der Waals surface area contributed by atoms with E-state index in [1.807, 2.05) is 38.1 Å². The molecule has 2 aromatic heterocycles. The highest BCUT2D eigenvalue weighted by Crippen LogP contribution is 2.36. The van der Waals surface area contributed by atoms with Gasteiger partial charge in [-0.1, -0.05) is 19.1 Å². The van der Waals surface area contributed by atoms with Gasteiger partial charge in [-0.2, -0.15) is 13.2 Å². The Morgan fingerprint density at radius 2 is 1.73 bits per heavy atom. The van der Waals surface area contributed by atoms with Crippen molar-refractivity contribution in [2.45, 2.75) is 26.6 Å². The molecule has 1 saturated heterocycles. The van der Waals surface area contributed by atoms with Gasteiger partial charge in [0.05, 0.1) is 16.8 Å². The third-order valence-corrected chi connectivity index (χ3v) is 8.19. The number of nitrogens with zero attached hydrogens (tertiary/aromatic N) is 4. The van der Waals surface area contributed by atoms with Crippen molar-refractivity contribution in [1.82, 2.24) is 24.7 Å². The number of hydrogen-bond acceptors (Lipinski definition) is 7. The van der Waals surface area contributed by atoms with Crippen LogP contribution in [0.5, 0.6) is 0 Å². The van der Waals surface area contributed by atoms with E-state index in [1.165, 1.54) is 12.3 Å². The Morgan fingerprint density at radius 1 is 1.02 bits per heavy atom. The van der Waals surface area contributed by atoms with Crippen molar-refractivity contribution in [3.05, 3.63) is 77.1 Å². The minimum Gasteiger partial charge on any atom is -0.382 e. The summed E-state index contributed by atoms with van der Waals surface area (Å²) in [7, 11) is 3.96. The fourth-order valence-electron chi connectivity index (χ4n) is 5.53. The fraction of sp³-hybridized carbons (Fsp3) is 0.394. The summed E-state index contributed by atoms with van der Waals surface area (Å²) in [6, 6.07) is 11.6. The molecule has 1 amide bonds. The zero-order valence-electron chi connectivity index (χ0n) is 26.2. The molecule has 1 aliphatic heterocycles. The number of carbonyl (C=O) groups excluding carboxylic acids is 1. The van der Waals surface area contributed by atoms with Crippen LogP contribution >= 0.6 is 0 Å². The second-order valence-electron chi connectivity index (χ2n) is 11.7. The number of pyridine rings is 1. The molecule has 45 heavy (non-hydrogen) atoms. The predicted octanol–water partition coefficient (Wildman–Crippen LogP) is 6.00. The molecule has 0 aliphatic carbocycles. The Kier molecular flexibility index (Phi) is 9.96. The molecule has 3 heterocycles. The van der Waals surface area contributed by atoms with Gasteiger partial charge in [0.25, 0.3) is 5.91 Å². The lowest BCUT2D eigenvalue weighted by Gasteiger charge is -2.34. The SMILES string of the molecule is CCN1CCN(Cc2ccc(Nc3ccc(C)c(NC(=O)c4cnc5[nH]ccc5c4NCCN(C)C)c3)cc2C(F)(F)F)CC1. The molecule has 5 rings (SSSR count). The van der Waals surface area contributed by atoms with Crippen LogP contribution in [0.15, 0.2) is 54.9 Å². The van der Waals surface area contributed by atoms with Crippen molar-refractivity contribution >= 4 is 39.7 Å². The van der Waals surface area contributed by atoms with Crippen molar-refractivity contribution < 1.29 is 18.0 Å². The number of carbonyl (C=O) groups is 1. The number of aryl methyl sites for hydroxylation is 1. The van der Waals surface area contributed by atoms with Gasteiger partial charge in [-0.15, -0.1) is 0 Å². The van der Waals surface area contributed by atoms with Gasteiger partial charge >= 0.3 is 6.18 Å².